The molecule has 1 heterocycles. The van der Waals surface area contributed by atoms with Crippen LogP contribution in [0, 0.1) is 0 Å². The summed E-state index contributed by atoms with van der Waals surface area (Å²) in [6.07, 6.45) is 1.58. The van der Waals surface area contributed by atoms with Gasteiger partial charge in [-0.15, -0.1) is 0 Å². The Labute approximate surface area is 90.0 Å². The van der Waals surface area contributed by atoms with E-state index in [1.807, 2.05) is 24.3 Å². The van der Waals surface area contributed by atoms with Gasteiger partial charge in [-0.25, -0.2) is 0 Å². The lowest BCUT2D eigenvalue weighted by Gasteiger charge is -2.00. The molecule has 4 heteroatoms. The molecular formula is C10H9BrN2O. The molecule has 0 aliphatic rings. The lowest BCUT2D eigenvalue weighted by Crippen LogP contribution is -1.96. The molecule has 0 radical (unpaired) electrons. The largest absolute Gasteiger partial charge is 0.364 e. The Bertz CT molecular complexity index is 439. The third-order valence-corrected chi connectivity index (χ3v) is 2.68. The predicted molar refractivity (Wildman–Crippen MR) is 57.5 cm³/mol. The molecule has 0 saturated carbocycles. The van der Waals surface area contributed by atoms with Crippen molar-refractivity contribution in [2.75, 3.05) is 0 Å². The lowest BCUT2D eigenvalue weighted by molar-refractivity contribution is 0.421. The first-order chi connectivity index (χ1) is 6.83. The molecule has 0 aliphatic carbocycles. The van der Waals surface area contributed by atoms with Gasteiger partial charge in [0.2, 0.25) is 0 Å². The molecule has 2 aromatic rings. The van der Waals surface area contributed by atoms with Crippen LogP contribution in [0.4, 0.5) is 0 Å². The number of rotatable bonds is 2. The fraction of sp³-hybridized carbons (Fsp3) is 0.100. The van der Waals surface area contributed by atoms with Gasteiger partial charge >= 0.3 is 0 Å². The van der Waals surface area contributed by atoms with Crippen molar-refractivity contribution in [2.24, 2.45) is 5.73 Å². The zero-order valence-electron chi connectivity index (χ0n) is 7.40. The van der Waals surface area contributed by atoms with E-state index in [0.29, 0.717) is 6.54 Å². The van der Waals surface area contributed by atoms with Gasteiger partial charge in [0, 0.05) is 22.1 Å². The summed E-state index contributed by atoms with van der Waals surface area (Å²) in [5.41, 5.74) is 8.29. The second-order valence-corrected chi connectivity index (χ2v) is 3.73. The minimum atomic E-state index is 0.431. The van der Waals surface area contributed by atoms with Crippen LogP contribution in [0.1, 0.15) is 5.56 Å². The van der Waals surface area contributed by atoms with Crippen LogP contribution in [-0.2, 0) is 6.54 Å². The van der Waals surface area contributed by atoms with E-state index < -0.39 is 0 Å². The third kappa shape index (κ3) is 1.58. The fourth-order valence-corrected chi connectivity index (χ4v) is 1.75. The molecule has 3 nitrogen and oxygen atoms in total. The van der Waals surface area contributed by atoms with Gasteiger partial charge in [0.05, 0.1) is 0 Å². The van der Waals surface area contributed by atoms with Crippen molar-refractivity contribution in [3.63, 3.8) is 0 Å². The predicted octanol–water partition coefficient (Wildman–Crippen LogP) is 2.56. The highest BCUT2D eigenvalue weighted by Gasteiger charge is 2.10. The van der Waals surface area contributed by atoms with Crippen LogP contribution in [0.25, 0.3) is 11.3 Å². The molecule has 0 bridgehead atoms. The highest BCUT2D eigenvalue weighted by molar-refractivity contribution is 9.10. The fourth-order valence-electron chi connectivity index (χ4n) is 1.28. The molecule has 1 aromatic heterocycles. The van der Waals surface area contributed by atoms with Gasteiger partial charge in [-0.05, 0) is 6.07 Å². The smallest absolute Gasteiger partial charge is 0.128 e. The van der Waals surface area contributed by atoms with E-state index in [-0.39, 0.29) is 0 Å². The average Bonchev–Trinajstić information content (AvgIpc) is 2.66. The monoisotopic (exact) mass is 252 g/mol. The van der Waals surface area contributed by atoms with Gasteiger partial charge in [-0.1, -0.05) is 39.3 Å². The van der Waals surface area contributed by atoms with Gasteiger partial charge in [-0.3, -0.25) is 0 Å². The molecule has 72 valence electrons. The van der Waals surface area contributed by atoms with Crippen molar-refractivity contribution in [2.45, 2.75) is 6.54 Å². The Kier molecular flexibility index (Phi) is 2.65. The maximum atomic E-state index is 5.57. The molecule has 1 aromatic carbocycles. The summed E-state index contributed by atoms with van der Waals surface area (Å²) in [7, 11) is 0. The van der Waals surface area contributed by atoms with Gasteiger partial charge in [0.15, 0.2) is 0 Å². The summed E-state index contributed by atoms with van der Waals surface area (Å²) < 4.78 is 5.88. The molecule has 0 spiro atoms. The maximum Gasteiger partial charge on any atom is 0.128 e. The van der Waals surface area contributed by atoms with E-state index in [9.17, 15) is 0 Å². The Morgan fingerprint density at radius 1 is 1.36 bits per heavy atom. The summed E-state index contributed by atoms with van der Waals surface area (Å²) in [5, 5.41) is 3.93. The van der Waals surface area contributed by atoms with E-state index in [1.165, 1.54) is 0 Å². The topological polar surface area (TPSA) is 52.0 Å². The molecule has 0 saturated heterocycles. The van der Waals surface area contributed by atoms with E-state index >= 15 is 0 Å². The molecule has 2 rings (SSSR count). The molecule has 0 aliphatic heterocycles. The average molecular weight is 253 g/mol. The first-order valence-corrected chi connectivity index (χ1v) is 5.00. The van der Waals surface area contributed by atoms with E-state index in [4.69, 9.17) is 10.3 Å². The Balaban J connectivity index is 2.54. The number of hydrogen-bond donors (Lipinski definition) is 1. The van der Waals surface area contributed by atoms with E-state index in [1.54, 1.807) is 6.26 Å². The summed E-state index contributed by atoms with van der Waals surface area (Å²) >= 11 is 3.46. The van der Waals surface area contributed by atoms with E-state index in [0.717, 1.165) is 21.3 Å². The second kappa shape index (κ2) is 3.94. The molecule has 0 unspecified atom stereocenters. The zero-order valence-corrected chi connectivity index (χ0v) is 8.99. The summed E-state index contributed by atoms with van der Waals surface area (Å²) in [6.45, 7) is 0.431. The SMILES string of the molecule is NCc1conc1-c1ccccc1Br. The van der Waals surface area contributed by atoms with Crippen LogP contribution in [0.3, 0.4) is 0 Å². The standard InChI is InChI=1S/C10H9BrN2O/c11-9-4-2-1-3-8(9)10-7(5-12)6-14-13-10/h1-4,6H,5,12H2. The van der Waals surface area contributed by atoms with Crippen molar-refractivity contribution >= 4 is 15.9 Å². The second-order valence-electron chi connectivity index (χ2n) is 2.87. The number of hydrogen-bond acceptors (Lipinski definition) is 3. The molecule has 14 heavy (non-hydrogen) atoms. The number of nitrogens with two attached hydrogens (primary N) is 1. The first kappa shape index (κ1) is 9.43. The number of aromatic nitrogens is 1. The van der Waals surface area contributed by atoms with Crippen LogP contribution < -0.4 is 5.73 Å². The van der Waals surface area contributed by atoms with E-state index in [2.05, 4.69) is 21.1 Å². The first-order valence-electron chi connectivity index (χ1n) is 4.21. The van der Waals surface area contributed by atoms with Gasteiger partial charge < -0.3 is 10.3 Å². The minimum absolute atomic E-state index is 0.431. The van der Waals surface area contributed by atoms with Crippen LogP contribution >= 0.6 is 15.9 Å². The quantitative estimate of drug-likeness (QED) is 0.894. The number of benzene rings is 1. The molecule has 0 atom stereocenters. The van der Waals surface area contributed by atoms with Crippen LogP contribution in [-0.4, -0.2) is 5.16 Å². The van der Waals surface area contributed by atoms with Gasteiger partial charge in [0.1, 0.15) is 12.0 Å². The van der Waals surface area contributed by atoms with Crippen molar-refractivity contribution in [1.29, 1.82) is 0 Å². The van der Waals surface area contributed by atoms with Crippen LogP contribution in [0.2, 0.25) is 0 Å². The van der Waals surface area contributed by atoms with Crippen LogP contribution in [0.15, 0.2) is 39.5 Å². The lowest BCUT2D eigenvalue weighted by atomic mass is 10.1. The van der Waals surface area contributed by atoms with Crippen molar-refractivity contribution in [1.82, 2.24) is 5.16 Å². The Morgan fingerprint density at radius 2 is 2.14 bits per heavy atom. The highest BCUT2D eigenvalue weighted by Crippen LogP contribution is 2.28. The van der Waals surface area contributed by atoms with Crippen LogP contribution in [0.5, 0.6) is 0 Å². The molecule has 0 fully saturated rings. The number of nitrogens with zero attached hydrogens (tertiary/aromatic N) is 1. The summed E-state index contributed by atoms with van der Waals surface area (Å²) in [6, 6.07) is 7.84. The number of halogens is 1. The molecule has 2 N–H and O–H groups in total. The summed E-state index contributed by atoms with van der Waals surface area (Å²) in [5.74, 6) is 0. The van der Waals surface area contributed by atoms with Gasteiger partial charge in [-0.2, -0.15) is 0 Å². The third-order valence-electron chi connectivity index (χ3n) is 1.99. The highest BCUT2D eigenvalue weighted by atomic mass is 79.9. The Hall–Kier alpha value is -1.13. The van der Waals surface area contributed by atoms with Crippen molar-refractivity contribution < 1.29 is 4.52 Å². The molecule has 0 amide bonds. The van der Waals surface area contributed by atoms with Gasteiger partial charge in [0.25, 0.3) is 0 Å². The van der Waals surface area contributed by atoms with Crippen molar-refractivity contribution in [3.05, 3.63) is 40.6 Å². The minimum Gasteiger partial charge on any atom is -0.364 e. The summed E-state index contributed by atoms with van der Waals surface area (Å²) in [4.78, 5) is 0. The van der Waals surface area contributed by atoms with Crippen molar-refractivity contribution in [3.8, 4) is 11.3 Å². The maximum absolute atomic E-state index is 5.57. The zero-order chi connectivity index (χ0) is 9.97. The molecular weight excluding hydrogens is 244 g/mol. The Morgan fingerprint density at radius 3 is 2.86 bits per heavy atom. The normalized spacial score (nSPS) is 10.4.